The number of nitriles is 2. The fourth-order valence-corrected chi connectivity index (χ4v) is 3.03. The van der Waals surface area contributed by atoms with Crippen molar-refractivity contribution in [1.82, 2.24) is 9.78 Å². The Morgan fingerprint density at radius 1 is 1.21 bits per heavy atom. The maximum atomic E-state index is 12.9. The molecule has 2 aromatic rings. The number of hydrogen-bond donors (Lipinski definition) is 1. The lowest BCUT2D eigenvalue weighted by atomic mass is 10.2. The van der Waals surface area contributed by atoms with Crippen molar-refractivity contribution in [1.29, 1.82) is 10.5 Å². The molecule has 2 rings (SSSR count). The van der Waals surface area contributed by atoms with Crippen molar-refractivity contribution in [3.63, 3.8) is 0 Å². The average molecular weight is 448 g/mol. The van der Waals surface area contributed by atoms with E-state index in [1.165, 1.54) is 0 Å². The summed E-state index contributed by atoms with van der Waals surface area (Å²) >= 11 is 18.2. The summed E-state index contributed by atoms with van der Waals surface area (Å²) in [6.45, 7) is 1.54. The molecule has 1 aromatic heterocycles. The first-order valence-electron chi connectivity index (χ1n) is 7.17. The zero-order valence-electron chi connectivity index (χ0n) is 13.8. The monoisotopic (exact) mass is 446 g/mol. The zero-order chi connectivity index (χ0) is 21.2. The van der Waals surface area contributed by atoms with Gasteiger partial charge in [-0.2, -0.15) is 28.8 Å². The van der Waals surface area contributed by atoms with Gasteiger partial charge >= 0.3 is 6.18 Å². The normalized spacial score (nSPS) is 12.6. The molecule has 0 fully saturated rings. The van der Waals surface area contributed by atoms with Gasteiger partial charge in [-0.05, 0) is 19.1 Å². The van der Waals surface area contributed by atoms with Gasteiger partial charge in [0, 0.05) is 6.21 Å². The number of aromatic nitrogens is 2. The molecule has 0 saturated carbocycles. The number of benzene rings is 1. The van der Waals surface area contributed by atoms with Crippen molar-refractivity contribution in [3.8, 4) is 17.8 Å². The van der Waals surface area contributed by atoms with Gasteiger partial charge in [-0.15, -0.1) is 0 Å². The molecule has 0 aliphatic heterocycles. The molecule has 6 nitrogen and oxygen atoms in total. The minimum absolute atomic E-state index is 0.0586. The van der Waals surface area contributed by atoms with E-state index in [2.05, 4.69) is 10.1 Å². The Morgan fingerprint density at radius 3 is 2.25 bits per heavy atom. The van der Waals surface area contributed by atoms with Gasteiger partial charge in [0.25, 0.3) is 0 Å². The Labute approximate surface area is 171 Å². The SMILES string of the molecule is Cc1nn(-c2c(Cl)cc(C(F)(F)F)cc2Cl)c(Cl)c1C=N/C(C#N)=C(\N)C#N. The maximum absolute atomic E-state index is 12.9. The van der Waals surface area contributed by atoms with E-state index in [0.29, 0.717) is 17.8 Å². The van der Waals surface area contributed by atoms with E-state index in [9.17, 15) is 13.2 Å². The molecule has 0 unspecified atom stereocenters. The van der Waals surface area contributed by atoms with Crippen LogP contribution in [0.25, 0.3) is 5.69 Å². The number of aliphatic imine (C=N–C) groups is 1. The maximum Gasteiger partial charge on any atom is 0.416 e. The molecule has 0 aliphatic rings. The molecule has 0 atom stereocenters. The molecule has 0 saturated heterocycles. The topological polar surface area (TPSA) is 104 Å². The second kappa shape index (κ2) is 8.11. The highest BCUT2D eigenvalue weighted by Crippen LogP contribution is 2.38. The van der Waals surface area contributed by atoms with Gasteiger partial charge in [0.1, 0.15) is 28.7 Å². The van der Waals surface area contributed by atoms with E-state index < -0.39 is 17.4 Å². The number of nitrogens with zero attached hydrogens (tertiary/aromatic N) is 5. The van der Waals surface area contributed by atoms with Gasteiger partial charge in [0.15, 0.2) is 5.70 Å². The molecule has 2 N–H and O–H groups in total. The third-order valence-electron chi connectivity index (χ3n) is 3.41. The third-order valence-corrected chi connectivity index (χ3v) is 4.35. The van der Waals surface area contributed by atoms with Crippen LogP contribution < -0.4 is 5.73 Å². The Hall–Kier alpha value is -2.72. The van der Waals surface area contributed by atoms with Crippen LogP contribution >= 0.6 is 34.8 Å². The molecule has 0 spiro atoms. The second-order valence-electron chi connectivity index (χ2n) is 5.23. The fraction of sp³-hybridized carbons (Fsp3) is 0.125. The van der Waals surface area contributed by atoms with Crippen LogP contribution in [-0.2, 0) is 6.18 Å². The van der Waals surface area contributed by atoms with Gasteiger partial charge in [-0.1, -0.05) is 34.8 Å². The van der Waals surface area contributed by atoms with Crippen molar-refractivity contribution in [2.24, 2.45) is 10.7 Å². The summed E-state index contributed by atoms with van der Waals surface area (Å²) < 4.78 is 39.7. The van der Waals surface area contributed by atoms with Gasteiger partial charge in [-0.25, -0.2) is 9.67 Å². The first-order valence-corrected chi connectivity index (χ1v) is 8.30. The van der Waals surface area contributed by atoms with E-state index in [0.717, 1.165) is 10.9 Å². The highest BCUT2D eigenvalue weighted by Gasteiger charge is 2.32. The van der Waals surface area contributed by atoms with Crippen molar-refractivity contribution in [2.45, 2.75) is 13.1 Å². The average Bonchev–Trinajstić information content (AvgIpc) is 2.88. The Kier molecular flexibility index (Phi) is 6.25. The molecule has 28 heavy (non-hydrogen) atoms. The third kappa shape index (κ3) is 4.23. The van der Waals surface area contributed by atoms with Crippen LogP contribution in [0, 0.1) is 29.6 Å². The highest BCUT2D eigenvalue weighted by atomic mass is 35.5. The highest BCUT2D eigenvalue weighted by molar-refractivity contribution is 6.38. The van der Waals surface area contributed by atoms with E-state index in [-0.39, 0.29) is 32.1 Å². The molecule has 0 bridgehead atoms. The van der Waals surface area contributed by atoms with Gasteiger partial charge < -0.3 is 5.73 Å². The molecule has 0 radical (unpaired) electrons. The van der Waals surface area contributed by atoms with Gasteiger partial charge in [0.2, 0.25) is 0 Å². The number of allylic oxidation sites excluding steroid dienone is 2. The lowest BCUT2D eigenvalue weighted by Gasteiger charge is -2.13. The number of alkyl halides is 3. The zero-order valence-corrected chi connectivity index (χ0v) is 16.1. The fourth-order valence-electron chi connectivity index (χ4n) is 2.08. The predicted octanol–water partition coefficient (Wildman–Crippen LogP) is 4.80. The molecule has 1 aromatic carbocycles. The van der Waals surface area contributed by atoms with Crippen LogP contribution in [0.1, 0.15) is 16.8 Å². The molecule has 1 heterocycles. The van der Waals surface area contributed by atoms with Crippen LogP contribution in [0.5, 0.6) is 0 Å². The van der Waals surface area contributed by atoms with Crippen LogP contribution in [0.15, 0.2) is 28.5 Å². The van der Waals surface area contributed by atoms with Crippen molar-refractivity contribution < 1.29 is 13.2 Å². The smallest absolute Gasteiger partial charge is 0.388 e. The first-order chi connectivity index (χ1) is 13.0. The molecule has 12 heteroatoms. The summed E-state index contributed by atoms with van der Waals surface area (Å²) in [5.74, 6) is 0. The number of aryl methyl sites for hydroxylation is 1. The van der Waals surface area contributed by atoms with Crippen LogP contribution in [0.3, 0.4) is 0 Å². The summed E-state index contributed by atoms with van der Waals surface area (Å²) in [6, 6.07) is 4.64. The molecule has 0 aliphatic carbocycles. The summed E-state index contributed by atoms with van der Waals surface area (Å²) in [5, 5.41) is 21.1. The van der Waals surface area contributed by atoms with Gasteiger partial charge in [0.05, 0.1) is 26.9 Å². The van der Waals surface area contributed by atoms with E-state index in [1.807, 2.05) is 0 Å². The van der Waals surface area contributed by atoms with Crippen LogP contribution in [0.4, 0.5) is 13.2 Å². The number of rotatable bonds is 3. The lowest BCUT2D eigenvalue weighted by molar-refractivity contribution is -0.137. The van der Waals surface area contributed by atoms with E-state index in [1.54, 1.807) is 19.1 Å². The van der Waals surface area contributed by atoms with E-state index in [4.69, 9.17) is 51.1 Å². The summed E-state index contributed by atoms with van der Waals surface area (Å²) in [4.78, 5) is 3.80. The van der Waals surface area contributed by atoms with Crippen molar-refractivity contribution in [2.75, 3.05) is 0 Å². The van der Waals surface area contributed by atoms with E-state index >= 15 is 0 Å². The number of halogens is 6. The summed E-state index contributed by atoms with van der Waals surface area (Å²) in [7, 11) is 0. The largest absolute Gasteiger partial charge is 0.416 e. The van der Waals surface area contributed by atoms with Crippen molar-refractivity contribution >= 4 is 41.0 Å². The molecular weight excluding hydrogens is 440 g/mol. The minimum Gasteiger partial charge on any atom is -0.388 e. The van der Waals surface area contributed by atoms with Crippen LogP contribution in [-0.4, -0.2) is 16.0 Å². The quantitative estimate of drug-likeness (QED) is 0.539. The number of hydrogen-bond acceptors (Lipinski definition) is 5. The second-order valence-corrected chi connectivity index (χ2v) is 6.40. The molecular formula is C16H8Cl3F3N6. The standard InChI is InChI=1S/C16H8Cl3F3N6/c1-7-9(6-26-13(5-24)12(25)4-23)15(19)28(27-7)14-10(17)2-8(3-11(14)18)16(20,21)22/h2-3,6H,25H2,1H3/b13-12-,26-6?. The number of nitrogens with two attached hydrogens (primary N) is 1. The van der Waals surface area contributed by atoms with Gasteiger partial charge in [-0.3, -0.25) is 0 Å². The van der Waals surface area contributed by atoms with Crippen molar-refractivity contribution in [3.05, 3.63) is 55.5 Å². The Bertz CT molecular complexity index is 1060. The summed E-state index contributed by atoms with van der Waals surface area (Å²) in [6.07, 6.45) is -3.48. The Morgan fingerprint density at radius 2 is 1.79 bits per heavy atom. The molecule has 0 amide bonds. The lowest BCUT2D eigenvalue weighted by Crippen LogP contribution is -2.07. The summed E-state index contributed by atoms with van der Waals surface area (Å²) in [5.41, 5.74) is 4.08. The Balaban J connectivity index is 2.60. The predicted molar refractivity (Wildman–Crippen MR) is 98.4 cm³/mol. The first kappa shape index (κ1) is 21.6. The molecule has 144 valence electrons. The minimum atomic E-state index is -4.63. The van der Waals surface area contributed by atoms with Crippen LogP contribution in [0.2, 0.25) is 15.2 Å².